The molecule has 0 atom stereocenters. The number of nitrogens with zero attached hydrogens (tertiary/aromatic N) is 1. The number of thioether (sulfide) groups is 1. The smallest absolute Gasteiger partial charge is 0.313 e. The van der Waals surface area contributed by atoms with E-state index in [4.69, 9.17) is 5.26 Å². The molecule has 0 unspecified atom stereocenters. The summed E-state index contributed by atoms with van der Waals surface area (Å²) < 4.78 is 4.54. The number of thiocyanates is 1. The maximum Gasteiger partial charge on any atom is 0.313 e. The largest absolute Gasteiger partial charge is 0.466 e. The van der Waals surface area contributed by atoms with Crippen molar-refractivity contribution in [2.24, 2.45) is 0 Å². The maximum atomic E-state index is 10.8. The van der Waals surface area contributed by atoms with Crippen LogP contribution < -0.4 is 0 Å². The first-order chi connectivity index (χ1) is 5.70. The third-order valence-corrected chi connectivity index (χ3v) is 1.54. The van der Waals surface area contributed by atoms with Gasteiger partial charge in [-0.25, -0.2) is 0 Å². The van der Waals surface area contributed by atoms with Crippen LogP contribution in [-0.4, -0.2) is 24.1 Å². The number of carbonyl (C=O) groups is 2. The van der Waals surface area contributed by atoms with Crippen molar-refractivity contribution in [3.8, 4) is 5.40 Å². The normalized spacial score (nSPS) is 8.67. The Hall–Kier alpha value is -1.02. The lowest BCUT2D eigenvalue weighted by Crippen LogP contribution is -2.12. The number of nitriles is 1. The van der Waals surface area contributed by atoms with E-state index in [2.05, 4.69) is 4.74 Å². The predicted molar refractivity (Wildman–Crippen MR) is 44.3 cm³/mol. The summed E-state index contributed by atoms with van der Waals surface area (Å²) in [5.74, 6) is -0.754. The summed E-state index contributed by atoms with van der Waals surface area (Å²) in [7, 11) is 0. The minimum atomic E-state index is -0.527. The molecular formula is C7H9NO3S. The van der Waals surface area contributed by atoms with Crippen LogP contribution in [0, 0.1) is 10.7 Å². The van der Waals surface area contributed by atoms with Crippen molar-refractivity contribution in [3.05, 3.63) is 0 Å². The fourth-order valence-corrected chi connectivity index (χ4v) is 0.864. The van der Waals surface area contributed by atoms with Gasteiger partial charge in [-0.1, -0.05) is 0 Å². The van der Waals surface area contributed by atoms with Gasteiger partial charge in [0.15, 0.2) is 5.78 Å². The molecule has 0 saturated heterocycles. The zero-order valence-electron chi connectivity index (χ0n) is 6.70. The quantitative estimate of drug-likeness (QED) is 0.360. The SMILES string of the molecule is CCOC(=O)CC(=O)CSC#N. The number of rotatable bonds is 5. The summed E-state index contributed by atoms with van der Waals surface area (Å²) >= 11 is 0.825. The van der Waals surface area contributed by atoms with E-state index < -0.39 is 5.97 Å². The van der Waals surface area contributed by atoms with Crippen molar-refractivity contribution in [2.75, 3.05) is 12.4 Å². The Balaban J connectivity index is 3.56. The Labute approximate surface area is 74.9 Å². The van der Waals surface area contributed by atoms with Gasteiger partial charge in [0.2, 0.25) is 0 Å². The molecule has 0 rings (SSSR count). The van der Waals surface area contributed by atoms with Crippen LogP contribution in [-0.2, 0) is 14.3 Å². The van der Waals surface area contributed by atoms with Gasteiger partial charge in [-0.3, -0.25) is 9.59 Å². The third-order valence-electron chi connectivity index (χ3n) is 0.945. The van der Waals surface area contributed by atoms with Crippen LogP contribution in [0.15, 0.2) is 0 Å². The second kappa shape index (κ2) is 6.68. The maximum absolute atomic E-state index is 10.8. The van der Waals surface area contributed by atoms with Crippen molar-refractivity contribution in [2.45, 2.75) is 13.3 Å². The monoisotopic (exact) mass is 187 g/mol. The second-order valence-corrected chi connectivity index (χ2v) is 2.66. The van der Waals surface area contributed by atoms with E-state index in [1.165, 1.54) is 0 Å². The Morgan fingerprint density at radius 3 is 2.75 bits per heavy atom. The zero-order valence-corrected chi connectivity index (χ0v) is 7.52. The van der Waals surface area contributed by atoms with Gasteiger partial charge in [0.1, 0.15) is 11.8 Å². The average molecular weight is 187 g/mol. The first-order valence-corrected chi connectivity index (χ1v) is 4.37. The van der Waals surface area contributed by atoms with E-state index >= 15 is 0 Å². The molecule has 0 aromatic carbocycles. The molecule has 0 aromatic rings. The highest BCUT2D eigenvalue weighted by Gasteiger charge is 2.09. The van der Waals surface area contributed by atoms with E-state index in [-0.39, 0.29) is 24.6 Å². The third kappa shape index (κ3) is 5.74. The molecule has 0 amide bonds. The van der Waals surface area contributed by atoms with Crippen LogP contribution in [0.4, 0.5) is 0 Å². The average Bonchev–Trinajstić information content (AvgIpc) is 2.01. The lowest BCUT2D eigenvalue weighted by molar-refractivity contribution is -0.145. The van der Waals surface area contributed by atoms with Gasteiger partial charge in [0.05, 0.1) is 12.4 Å². The number of hydrogen-bond donors (Lipinski definition) is 0. The molecule has 5 heteroatoms. The lowest BCUT2D eigenvalue weighted by atomic mass is 10.3. The number of esters is 1. The fraction of sp³-hybridized carbons (Fsp3) is 0.571. The summed E-state index contributed by atoms with van der Waals surface area (Å²) in [6, 6.07) is 0. The van der Waals surface area contributed by atoms with Crippen molar-refractivity contribution >= 4 is 23.5 Å². The van der Waals surface area contributed by atoms with Crippen molar-refractivity contribution in [1.29, 1.82) is 5.26 Å². The van der Waals surface area contributed by atoms with E-state index in [1.54, 1.807) is 12.3 Å². The standard InChI is InChI=1S/C7H9NO3S/c1-2-11-7(10)3-6(9)4-12-5-8/h2-4H2,1H3. The first-order valence-electron chi connectivity index (χ1n) is 3.39. The van der Waals surface area contributed by atoms with Crippen LogP contribution in [0.5, 0.6) is 0 Å². The molecule has 0 heterocycles. The summed E-state index contributed by atoms with van der Waals surface area (Å²) in [4.78, 5) is 21.5. The molecule has 0 saturated carbocycles. The van der Waals surface area contributed by atoms with E-state index in [0.717, 1.165) is 11.8 Å². The molecule has 0 radical (unpaired) electrons. The molecule has 0 bridgehead atoms. The van der Waals surface area contributed by atoms with Gasteiger partial charge >= 0.3 is 5.97 Å². The molecule has 66 valence electrons. The predicted octanol–water partition coefficient (Wildman–Crippen LogP) is 0.723. The molecule has 0 aliphatic heterocycles. The van der Waals surface area contributed by atoms with Crippen molar-refractivity contribution < 1.29 is 14.3 Å². The first kappa shape index (κ1) is 11.0. The van der Waals surface area contributed by atoms with Gasteiger partial charge in [0.25, 0.3) is 0 Å². The molecule has 0 N–H and O–H groups in total. The van der Waals surface area contributed by atoms with Gasteiger partial charge in [-0.2, -0.15) is 5.26 Å². The Bertz CT molecular complexity index is 209. The van der Waals surface area contributed by atoms with Gasteiger partial charge < -0.3 is 4.74 Å². The molecule has 0 aliphatic carbocycles. The highest BCUT2D eigenvalue weighted by molar-refractivity contribution is 8.04. The van der Waals surface area contributed by atoms with E-state index in [0.29, 0.717) is 0 Å². The zero-order chi connectivity index (χ0) is 9.40. The topological polar surface area (TPSA) is 67.2 Å². The van der Waals surface area contributed by atoms with Gasteiger partial charge in [0, 0.05) is 0 Å². The minimum Gasteiger partial charge on any atom is -0.466 e. The highest BCUT2D eigenvalue weighted by Crippen LogP contribution is 1.99. The van der Waals surface area contributed by atoms with Gasteiger partial charge in [-0.05, 0) is 18.7 Å². The van der Waals surface area contributed by atoms with Gasteiger partial charge in [-0.15, -0.1) is 0 Å². The molecular weight excluding hydrogens is 178 g/mol. The molecule has 0 spiro atoms. The summed E-state index contributed by atoms with van der Waals surface area (Å²) in [5, 5.41) is 9.84. The molecule has 0 aromatic heterocycles. The molecule has 0 aliphatic rings. The van der Waals surface area contributed by atoms with Crippen LogP contribution in [0.1, 0.15) is 13.3 Å². The number of ketones is 1. The van der Waals surface area contributed by atoms with Crippen molar-refractivity contribution in [1.82, 2.24) is 0 Å². The second-order valence-electron chi connectivity index (χ2n) is 1.90. The summed E-state index contributed by atoms with van der Waals surface area (Å²) in [5.41, 5.74) is 0. The van der Waals surface area contributed by atoms with E-state index in [1.807, 2.05) is 0 Å². The van der Waals surface area contributed by atoms with Crippen LogP contribution >= 0.6 is 11.8 Å². The van der Waals surface area contributed by atoms with Crippen LogP contribution in [0.3, 0.4) is 0 Å². The summed E-state index contributed by atoms with van der Waals surface area (Å²) in [6.07, 6.45) is -0.234. The van der Waals surface area contributed by atoms with E-state index in [9.17, 15) is 9.59 Å². The number of carbonyl (C=O) groups excluding carboxylic acids is 2. The fourth-order valence-electron chi connectivity index (χ4n) is 0.537. The Morgan fingerprint density at radius 1 is 1.58 bits per heavy atom. The summed E-state index contributed by atoms with van der Waals surface area (Å²) in [6.45, 7) is 1.95. The number of Topliss-reactive ketones (excluding diaryl/α,β-unsaturated/α-hetero) is 1. The minimum absolute atomic E-state index is 0.0509. The van der Waals surface area contributed by atoms with Crippen LogP contribution in [0.25, 0.3) is 0 Å². The molecule has 0 fully saturated rings. The van der Waals surface area contributed by atoms with Crippen molar-refractivity contribution in [3.63, 3.8) is 0 Å². The number of ether oxygens (including phenoxy) is 1. The Morgan fingerprint density at radius 2 is 2.25 bits per heavy atom. The highest BCUT2D eigenvalue weighted by atomic mass is 32.2. The Kier molecular flexibility index (Phi) is 6.11. The van der Waals surface area contributed by atoms with Crippen LogP contribution in [0.2, 0.25) is 0 Å². The molecule has 12 heavy (non-hydrogen) atoms. The lowest BCUT2D eigenvalue weighted by Gasteiger charge is -1.98. The molecule has 4 nitrogen and oxygen atoms in total. The number of hydrogen-bond acceptors (Lipinski definition) is 5.